The van der Waals surface area contributed by atoms with Crippen molar-refractivity contribution in [2.24, 2.45) is 0 Å². The summed E-state index contributed by atoms with van der Waals surface area (Å²) in [5, 5.41) is 1.04. The topological polar surface area (TPSA) is 61.3 Å². The standard InChI is InChI=1S/C16H13ClN2O3S/c1-3-22-16(20)11-8-18-15-13(12(11)17)19-14(23-15)9-4-6-10(21-2)7-5-9/h4-8H,3H2,1-2H3. The average Bonchev–Trinajstić information content (AvgIpc) is 3.00. The minimum Gasteiger partial charge on any atom is -0.497 e. The van der Waals surface area contributed by atoms with Crippen LogP contribution in [0.15, 0.2) is 30.5 Å². The maximum Gasteiger partial charge on any atom is 0.341 e. The summed E-state index contributed by atoms with van der Waals surface area (Å²) < 4.78 is 10.1. The van der Waals surface area contributed by atoms with E-state index in [4.69, 9.17) is 21.1 Å². The number of carbonyl (C=O) groups excluding carboxylic acids is 1. The van der Waals surface area contributed by atoms with Gasteiger partial charge in [-0.05, 0) is 31.2 Å². The van der Waals surface area contributed by atoms with Gasteiger partial charge in [0.05, 0.1) is 24.3 Å². The SMILES string of the molecule is CCOC(=O)c1cnc2sc(-c3ccc(OC)cc3)nc2c1Cl. The second-order valence-corrected chi connectivity index (χ2v) is 5.96. The third-order valence-electron chi connectivity index (χ3n) is 3.20. The van der Waals surface area contributed by atoms with Crippen molar-refractivity contribution in [1.82, 2.24) is 9.97 Å². The van der Waals surface area contributed by atoms with Crippen molar-refractivity contribution in [3.63, 3.8) is 0 Å². The Morgan fingerprint density at radius 2 is 2.04 bits per heavy atom. The molecule has 0 bridgehead atoms. The van der Waals surface area contributed by atoms with Crippen molar-refractivity contribution >= 4 is 39.3 Å². The lowest BCUT2D eigenvalue weighted by atomic mass is 10.2. The molecule has 0 aliphatic rings. The first-order valence-electron chi connectivity index (χ1n) is 6.90. The Balaban J connectivity index is 2.04. The number of rotatable bonds is 4. The number of esters is 1. The molecule has 0 N–H and O–H groups in total. The fourth-order valence-electron chi connectivity index (χ4n) is 2.06. The number of hydrogen-bond donors (Lipinski definition) is 0. The molecule has 0 saturated carbocycles. The first-order valence-corrected chi connectivity index (χ1v) is 8.10. The van der Waals surface area contributed by atoms with E-state index in [1.165, 1.54) is 17.5 Å². The largest absolute Gasteiger partial charge is 0.497 e. The average molecular weight is 349 g/mol. The molecule has 118 valence electrons. The molecule has 0 spiro atoms. The third-order valence-corrected chi connectivity index (χ3v) is 4.59. The number of aromatic nitrogens is 2. The van der Waals surface area contributed by atoms with E-state index in [9.17, 15) is 4.79 Å². The minimum absolute atomic E-state index is 0.229. The van der Waals surface area contributed by atoms with Gasteiger partial charge in [-0.2, -0.15) is 0 Å². The van der Waals surface area contributed by atoms with E-state index < -0.39 is 5.97 Å². The molecular weight excluding hydrogens is 336 g/mol. The Morgan fingerprint density at radius 3 is 2.70 bits per heavy atom. The van der Waals surface area contributed by atoms with Crippen LogP contribution in [0.3, 0.4) is 0 Å². The molecule has 0 fully saturated rings. The van der Waals surface area contributed by atoms with Crippen LogP contribution in [0.5, 0.6) is 5.75 Å². The molecule has 0 saturated heterocycles. The van der Waals surface area contributed by atoms with E-state index in [1.807, 2.05) is 24.3 Å². The third kappa shape index (κ3) is 3.00. The van der Waals surface area contributed by atoms with Gasteiger partial charge in [0.1, 0.15) is 21.1 Å². The van der Waals surface area contributed by atoms with E-state index in [-0.39, 0.29) is 17.2 Å². The first-order chi connectivity index (χ1) is 11.1. The zero-order valence-electron chi connectivity index (χ0n) is 12.5. The molecule has 3 aromatic rings. The molecule has 0 radical (unpaired) electrons. The maximum absolute atomic E-state index is 11.9. The molecule has 0 atom stereocenters. The highest BCUT2D eigenvalue weighted by Crippen LogP contribution is 2.34. The van der Waals surface area contributed by atoms with Crippen LogP contribution in [0.25, 0.3) is 20.9 Å². The summed E-state index contributed by atoms with van der Waals surface area (Å²) in [6, 6.07) is 7.55. The molecule has 0 amide bonds. The number of thiazole rings is 1. The molecule has 7 heteroatoms. The lowest BCUT2D eigenvalue weighted by molar-refractivity contribution is 0.0526. The van der Waals surface area contributed by atoms with Crippen molar-refractivity contribution in [3.05, 3.63) is 41.0 Å². The van der Waals surface area contributed by atoms with Crippen LogP contribution in [0, 0.1) is 0 Å². The molecule has 3 rings (SSSR count). The monoisotopic (exact) mass is 348 g/mol. The van der Waals surface area contributed by atoms with Gasteiger partial charge >= 0.3 is 5.97 Å². The molecule has 5 nitrogen and oxygen atoms in total. The van der Waals surface area contributed by atoms with Crippen molar-refractivity contribution in [2.75, 3.05) is 13.7 Å². The molecular formula is C16H13ClN2O3S. The summed E-state index contributed by atoms with van der Waals surface area (Å²) >= 11 is 7.72. The van der Waals surface area contributed by atoms with Gasteiger partial charge in [0.15, 0.2) is 0 Å². The molecule has 2 aromatic heterocycles. The Bertz CT molecular complexity index is 862. The van der Waals surface area contributed by atoms with Crippen molar-refractivity contribution in [2.45, 2.75) is 6.92 Å². The fourth-order valence-corrected chi connectivity index (χ4v) is 3.30. The van der Waals surface area contributed by atoms with Crippen molar-refractivity contribution < 1.29 is 14.3 Å². The number of carbonyl (C=O) groups is 1. The van der Waals surface area contributed by atoms with Crippen LogP contribution in [0.4, 0.5) is 0 Å². The zero-order chi connectivity index (χ0) is 16.4. The number of nitrogens with zero attached hydrogens (tertiary/aromatic N) is 2. The quantitative estimate of drug-likeness (QED) is 0.661. The van der Waals surface area contributed by atoms with E-state index in [2.05, 4.69) is 9.97 Å². The summed E-state index contributed by atoms with van der Waals surface area (Å²) in [6.07, 6.45) is 1.43. The van der Waals surface area contributed by atoms with E-state index in [0.717, 1.165) is 16.3 Å². The molecule has 0 aliphatic carbocycles. The van der Waals surface area contributed by atoms with Crippen LogP contribution < -0.4 is 4.74 Å². The summed E-state index contributed by atoms with van der Waals surface area (Å²) in [5.74, 6) is 0.279. The lowest BCUT2D eigenvalue weighted by Crippen LogP contribution is -2.06. The van der Waals surface area contributed by atoms with Gasteiger partial charge in [0.25, 0.3) is 0 Å². The highest BCUT2D eigenvalue weighted by atomic mass is 35.5. The predicted octanol–water partition coefficient (Wildman–Crippen LogP) is 4.20. The van der Waals surface area contributed by atoms with Gasteiger partial charge in [0, 0.05) is 11.8 Å². The Hall–Kier alpha value is -2.18. The predicted molar refractivity (Wildman–Crippen MR) is 90.4 cm³/mol. The van der Waals surface area contributed by atoms with Crippen LogP contribution >= 0.6 is 22.9 Å². The fraction of sp³-hybridized carbons (Fsp3) is 0.188. The van der Waals surface area contributed by atoms with Crippen molar-refractivity contribution in [3.8, 4) is 16.3 Å². The summed E-state index contributed by atoms with van der Waals surface area (Å²) in [6.45, 7) is 2.02. The van der Waals surface area contributed by atoms with Gasteiger partial charge in [-0.1, -0.05) is 22.9 Å². The van der Waals surface area contributed by atoms with Gasteiger partial charge in [-0.15, -0.1) is 0 Å². The smallest absolute Gasteiger partial charge is 0.341 e. The Kier molecular flexibility index (Phi) is 4.45. The first kappa shape index (κ1) is 15.7. The van der Waals surface area contributed by atoms with Crippen molar-refractivity contribution in [1.29, 1.82) is 0 Å². The molecule has 0 unspecified atom stereocenters. The van der Waals surface area contributed by atoms with Gasteiger partial charge in [0.2, 0.25) is 0 Å². The molecule has 23 heavy (non-hydrogen) atoms. The van der Waals surface area contributed by atoms with Crippen LogP contribution in [0.2, 0.25) is 5.02 Å². The number of fused-ring (bicyclic) bond motifs is 1. The minimum atomic E-state index is -0.495. The highest BCUT2D eigenvalue weighted by Gasteiger charge is 2.18. The van der Waals surface area contributed by atoms with E-state index >= 15 is 0 Å². The molecule has 1 aromatic carbocycles. The summed E-state index contributed by atoms with van der Waals surface area (Å²) in [5.41, 5.74) is 1.67. The Labute approximate surface area is 141 Å². The van der Waals surface area contributed by atoms with Crippen LogP contribution in [0.1, 0.15) is 17.3 Å². The number of hydrogen-bond acceptors (Lipinski definition) is 6. The summed E-state index contributed by atoms with van der Waals surface area (Å²) in [4.78, 5) is 21.3. The molecule has 2 heterocycles. The highest BCUT2D eigenvalue weighted by molar-refractivity contribution is 7.21. The maximum atomic E-state index is 11.9. The van der Waals surface area contributed by atoms with Gasteiger partial charge < -0.3 is 9.47 Å². The number of halogens is 1. The zero-order valence-corrected chi connectivity index (χ0v) is 14.1. The van der Waals surface area contributed by atoms with Gasteiger partial charge in [-0.25, -0.2) is 14.8 Å². The second kappa shape index (κ2) is 6.52. The number of methoxy groups -OCH3 is 1. The number of benzene rings is 1. The summed E-state index contributed by atoms with van der Waals surface area (Å²) in [7, 11) is 1.62. The van der Waals surface area contributed by atoms with Crippen LogP contribution in [-0.4, -0.2) is 29.7 Å². The second-order valence-electron chi connectivity index (χ2n) is 4.61. The van der Waals surface area contributed by atoms with E-state index in [1.54, 1.807) is 14.0 Å². The normalized spacial score (nSPS) is 10.7. The lowest BCUT2D eigenvalue weighted by Gasteiger charge is -2.03. The van der Waals surface area contributed by atoms with Crippen LogP contribution in [-0.2, 0) is 4.74 Å². The molecule has 0 aliphatic heterocycles. The van der Waals surface area contributed by atoms with E-state index in [0.29, 0.717) is 10.3 Å². The number of pyridine rings is 1. The number of ether oxygens (including phenoxy) is 2. The Morgan fingerprint density at radius 1 is 1.30 bits per heavy atom. The van der Waals surface area contributed by atoms with Gasteiger partial charge in [-0.3, -0.25) is 0 Å².